The molecule has 15 heavy (non-hydrogen) atoms. The van der Waals surface area contributed by atoms with Crippen molar-refractivity contribution in [3.8, 4) is 0 Å². The maximum atomic E-state index is 11.0. The van der Waals surface area contributed by atoms with Crippen LogP contribution in [0.25, 0.3) is 0 Å². The lowest BCUT2D eigenvalue weighted by molar-refractivity contribution is -0.139. The molecule has 0 aliphatic carbocycles. The first-order valence-corrected chi connectivity index (χ1v) is 4.78. The fourth-order valence-electron chi connectivity index (χ4n) is 1.25. The second kappa shape index (κ2) is 5.31. The highest BCUT2D eigenvalue weighted by atomic mass is 16.4. The molecule has 0 radical (unpaired) electrons. The largest absolute Gasteiger partial charge is 0.480 e. The second-order valence-corrected chi connectivity index (χ2v) is 3.10. The van der Waals surface area contributed by atoms with E-state index in [4.69, 9.17) is 5.11 Å². The van der Waals surface area contributed by atoms with Crippen molar-refractivity contribution in [1.29, 1.82) is 0 Å². The van der Waals surface area contributed by atoms with Crippen molar-refractivity contribution in [2.24, 2.45) is 0 Å². The summed E-state index contributed by atoms with van der Waals surface area (Å²) >= 11 is 0. The van der Waals surface area contributed by atoms with Crippen molar-refractivity contribution in [1.82, 2.24) is 15.1 Å². The summed E-state index contributed by atoms with van der Waals surface area (Å²) in [7, 11) is 0. The molecule has 1 unspecified atom stereocenters. The Kier molecular flexibility index (Phi) is 4.05. The van der Waals surface area contributed by atoms with Gasteiger partial charge in [-0.15, -0.1) is 6.58 Å². The Morgan fingerprint density at radius 1 is 1.87 bits per heavy atom. The van der Waals surface area contributed by atoms with Crippen LogP contribution >= 0.6 is 0 Å². The molecule has 1 aromatic rings. The highest BCUT2D eigenvalue weighted by Gasteiger charge is 2.19. The van der Waals surface area contributed by atoms with Crippen molar-refractivity contribution in [3.63, 3.8) is 0 Å². The number of carbonyl (C=O) groups is 1. The van der Waals surface area contributed by atoms with Crippen molar-refractivity contribution >= 4 is 5.97 Å². The van der Waals surface area contributed by atoms with Crippen LogP contribution in [0.15, 0.2) is 25.0 Å². The van der Waals surface area contributed by atoms with Crippen molar-refractivity contribution in [2.75, 3.05) is 6.54 Å². The lowest BCUT2D eigenvalue weighted by atomic mass is 10.1. The maximum absolute atomic E-state index is 11.0. The second-order valence-electron chi connectivity index (χ2n) is 3.10. The van der Waals surface area contributed by atoms with Crippen LogP contribution in [0.1, 0.15) is 18.5 Å². The Morgan fingerprint density at radius 3 is 3.07 bits per heavy atom. The van der Waals surface area contributed by atoms with E-state index < -0.39 is 12.0 Å². The number of aliphatic carboxylic acids is 1. The normalized spacial score (nSPS) is 12.3. The van der Waals surface area contributed by atoms with Gasteiger partial charge in [0.25, 0.3) is 0 Å². The third-order valence-electron chi connectivity index (χ3n) is 2.02. The lowest BCUT2D eigenvalue weighted by Gasteiger charge is -2.10. The molecule has 2 N–H and O–H groups in total. The van der Waals surface area contributed by atoms with Gasteiger partial charge in [-0.1, -0.05) is 6.08 Å². The Morgan fingerprint density at radius 2 is 2.60 bits per heavy atom. The molecular formula is C10H15N3O2. The average Bonchev–Trinajstić information content (AvgIpc) is 2.66. The SMILES string of the molecule is C=CCNC(C(=O)O)c1cnn(CC)c1. The van der Waals surface area contributed by atoms with Gasteiger partial charge in [0, 0.05) is 24.8 Å². The van der Waals surface area contributed by atoms with Gasteiger partial charge in [-0.25, -0.2) is 0 Å². The molecule has 1 aromatic heterocycles. The molecule has 1 rings (SSSR count). The molecule has 0 saturated carbocycles. The first-order chi connectivity index (χ1) is 7.19. The smallest absolute Gasteiger partial charge is 0.325 e. The van der Waals surface area contributed by atoms with E-state index in [1.807, 2.05) is 6.92 Å². The predicted molar refractivity (Wildman–Crippen MR) is 56.5 cm³/mol. The Bertz CT molecular complexity index is 346. The highest BCUT2D eigenvalue weighted by molar-refractivity contribution is 5.75. The van der Waals surface area contributed by atoms with Gasteiger partial charge in [0.05, 0.1) is 6.20 Å². The van der Waals surface area contributed by atoms with Gasteiger partial charge in [-0.2, -0.15) is 5.10 Å². The van der Waals surface area contributed by atoms with E-state index in [0.29, 0.717) is 12.1 Å². The van der Waals surface area contributed by atoms with E-state index in [1.54, 1.807) is 23.2 Å². The molecule has 0 bridgehead atoms. The highest BCUT2D eigenvalue weighted by Crippen LogP contribution is 2.11. The zero-order valence-corrected chi connectivity index (χ0v) is 8.68. The molecule has 0 spiro atoms. The number of hydrogen-bond donors (Lipinski definition) is 2. The first kappa shape index (κ1) is 11.5. The molecule has 0 fully saturated rings. The fourth-order valence-corrected chi connectivity index (χ4v) is 1.25. The summed E-state index contributed by atoms with van der Waals surface area (Å²) in [4.78, 5) is 11.0. The number of rotatable bonds is 6. The van der Waals surface area contributed by atoms with Crippen LogP contribution in [0.4, 0.5) is 0 Å². The molecule has 0 aromatic carbocycles. The van der Waals surface area contributed by atoms with E-state index in [2.05, 4.69) is 17.0 Å². The van der Waals surface area contributed by atoms with Gasteiger partial charge in [0.2, 0.25) is 0 Å². The van der Waals surface area contributed by atoms with Crippen LogP contribution in [-0.4, -0.2) is 27.4 Å². The molecule has 0 aliphatic rings. The summed E-state index contributed by atoms with van der Waals surface area (Å²) in [5.41, 5.74) is 0.659. The van der Waals surface area contributed by atoms with Crippen molar-refractivity contribution in [3.05, 3.63) is 30.6 Å². The minimum Gasteiger partial charge on any atom is -0.480 e. The number of aromatic nitrogens is 2. The first-order valence-electron chi connectivity index (χ1n) is 4.78. The molecule has 82 valence electrons. The van der Waals surface area contributed by atoms with Gasteiger partial charge in [-0.3, -0.25) is 14.8 Å². The van der Waals surface area contributed by atoms with Crippen molar-refractivity contribution in [2.45, 2.75) is 19.5 Å². The summed E-state index contributed by atoms with van der Waals surface area (Å²) in [5.74, 6) is -0.910. The quantitative estimate of drug-likeness (QED) is 0.680. The minimum absolute atomic E-state index is 0.453. The standard InChI is InChI=1S/C10H15N3O2/c1-3-5-11-9(10(14)15)8-6-12-13(4-2)7-8/h3,6-7,9,11H,1,4-5H2,2H3,(H,14,15). The zero-order valence-electron chi connectivity index (χ0n) is 8.68. The van der Waals surface area contributed by atoms with Crippen LogP contribution in [0, 0.1) is 0 Å². The van der Waals surface area contributed by atoms with Gasteiger partial charge in [-0.05, 0) is 6.92 Å². The van der Waals surface area contributed by atoms with Crippen LogP contribution in [0.3, 0.4) is 0 Å². The Balaban J connectivity index is 2.78. The molecular weight excluding hydrogens is 194 g/mol. The van der Waals surface area contributed by atoms with E-state index in [-0.39, 0.29) is 0 Å². The molecule has 1 heterocycles. The summed E-state index contributed by atoms with van der Waals surface area (Å²) in [6, 6.07) is -0.719. The van der Waals surface area contributed by atoms with Gasteiger partial charge in [0.1, 0.15) is 6.04 Å². The number of nitrogens with one attached hydrogen (secondary N) is 1. The molecule has 0 aliphatic heterocycles. The fraction of sp³-hybridized carbons (Fsp3) is 0.400. The third kappa shape index (κ3) is 2.92. The van der Waals surface area contributed by atoms with E-state index >= 15 is 0 Å². The molecule has 0 amide bonds. The third-order valence-corrected chi connectivity index (χ3v) is 2.02. The monoisotopic (exact) mass is 209 g/mol. The summed E-state index contributed by atoms with van der Waals surface area (Å²) in [5, 5.41) is 15.9. The van der Waals surface area contributed by atoms with E-state index in [0.717, 1.165) is 6.54 Å². The Hall–Kier alpha value is -1.62. The topological polar surface area (TPSA) is 67.2 Å². The van der Waals surface area contributed by atoms with Crippen LogP contribution in [0.5, 0.6) is 0 Å². The van der Waals surface area contributed by atoms with Crippen molar-refractivity contribution < 1.29 is 9.90 Å². The van der Waals surface area contributed by atoms with E-state index in [9.17, 15) is 4.79 Å². The van der Waals surface area contributed by atoms with E-state index in [1.165, 1.54) is 0 Å². The van der Waals surface area contributed by atoms with Crippen LogP contribution < -0.4 is 5.32 Å². The average molecular weight is 209 g/mol. The number of carboxylic acids is 1. The summed E-state index contributed by atoms with van der Waals surface area (Å²) in [6.07, 6.45) is 4.92. The zero-order chi connectivity index (χ0) is 11.3. The lowest BCUT2D eigenvalue weighted by Crippen LogP contribution is -2.28. The Labute approximate surface area is 88.4 Å². The van der Waals surface area contributed by atoms with Crippen LogP contribution in [0.2, 0.25) is 0 Å². The summed E-state index contributed by atoms with van der Waals surface area (Å²) < 4.78 is 1.70. The predicted octanol–water partition coefficient (Wildman–Crippen LogP) is 0.804. The van der Waals surface area contributed by atoms with Gasteiger partial charge < -0.3 is 5.11 Å². The van der Waals surface area contributed by atoms with Gasteiger partial charge in [0.15, 0.2) is 0 Å². The molecule has 0 saturated heterocycles. The summed E-state index contributed by atoms with van der Waals surface area (Å²) in [6.45, 7) is 6.66. The van der Waals surface area contributed by atoms with Gasteiger partial charge >= 0.3 is 5.97 Å². The number of nitrogens with zero attached hydrogens (tertiary/aromatic N) is 2. The number of aryl methyl sites for hydroxylation is 1. The maximum Gasteiger partial charge on any atom is 0.325 e. The minimum atomic E-state index is -0.910. The molecule has 5 heteroatoms. The van der Waals surface area contributed by atoms with Crippen LogP contribution in [-0.2, 0) is 11.3 Å². The number of hydrogen-bond acceptors (Lipinski definition) is 3. The molecule has 1 atom stereocenters. The molecule has 5 nitrogen and oxygen atoms in total. The number of carboxylic acid groups (broad SMARTS) is 1.